The Balaban J connectivity index is 1.54. The largest absolute Gasteiger partial charge is 0.314 e. The third-order valence-electron chi connectivity index (χ3n) is 5.10. The van der Waals surface area contributed by atoms with Gasteiger partial charge in [0.25, 0.3) is 0 Å². The summed E-state index contributed by atoms with van der Waals surface area (Å²) in [5.41, 5.74) is 0. The van der Waals surface area contributed by atoms with Crippen LogP contribution in [0.25, 0.3) is 0 Å². The first-order chi connectivity index (χ1) is 7.36. The van der Waals surface area contributed by atoms with Crippen LogP contribution in [-0.4, -0.2) is 12.6 Å². The van der Waals surface area contributed by atoms with E-state index in [1.165, 1.54) is 25.8 Å². The highest BCUT2D eigenvalue weighted by molar-refractivity contribution is 4.95. The van der Waals surface area contributed by atoms with Gasteiger partial charge in [-0.25, -0.2) is 0 Å². The molecule has 2 bridgehead atoms. The van der Waals surface area contributed by atoms with Gasteiger partial charge >= 0.3 is 0 Å². The fraction of sp³-hybridized carbons (Fsp3) is 1.00. The third-order valence-corrected chi connectivity index (χ3v) is 5.10. The van der Waals surface area contributed by atoms with Crippen molar-refractivity contribution in [2.75, 3.05) is 6.54 Å². The molecule has 4 atom stereocenters. The van der Waals surface area contributed by atoms with Gasteiger partial charge in [-0.1, -0.05) is 13.3 Å². The molecule has 3 fully saturated rings. The van der Waals surface area contributed by atoms with Crippen LogP contribution in [0.15, 0.2) is 0 Å². The Hall–Kier alpha value is -0.0400. The summed E-state index contributed by atoms with van der Waals surface area (Å²) in [6.45, 7) is 3.43. The maximum Gasteiger partial charge on any atom is 0.00979 e. The van der Waals surface area contributed by atoms with Crippen LogP contribution in [0.2, 0.25) is 0 Å². The minimum atomic E-state index is 0.874. The standard InChI is InChI=1S/C14H25N/c1-2-15-14(11-5-6-11)9-13-8-10-3-4-12(13)7-10/h10-15H,2-9H2,1H3. The first-order valence-corrected chi connectivity index (χ1v) is 7.10. The Morgan fingerprint density at radius 3 is 2.53 bits per heavy atom. The highest BCUT2D eigenvalue weighted by atomic mass is 14.9. The van der Waals surface area contributed by atoms with E-state index in [4.69, 9.17) is 0 Å². The normalized spacial score (nSPS) is 41.0. The fourth-order valence-corrected chi connectivity index (χ4v) is 4.19. The lowest BCUT2D eigenvalue weighted by Crippen LogP contribution is -2.34. The Morgan fingerprint density at radius 1 is 1.13 bits per heavy atom. The second-order valence-electron chi connectivity index (χ2n) is 6.17. The maximum atomic E-state index is 3.73. The van der Waals surface area contributed by atoms with Crippen LogP contribution in [0.3, 0.4) is 0 Å². The monoisotopic (exact) mass is 207 g/mol. The van der Waals surface area contributed by atoms with Gasteiger partial charge in [0.2, 0.25) is 0 Å². The zero-order chi connectivity index (χ0) is 10.3. The number of rotatable bonds is 5. The highest BCUT2D eigenvalue weighted by Gasteiger charge is 2.42. The molecular weight excluding hydrogens is 182 g/mol. The quantitative estimate of drug-likeness (QED) is 0.730. The van der Waals surface area contributed by atoms with Gasteiger partial charge in [0.1, 0.15) is 0 Å². The molecule has 0 heterocycles. The molecule has 4 unspecified atom stereocenters. The minimum Gasteiger partial charge on any atom is -0.314 e. The summed E-state index contributed by atoms with van der Waals surface area (Å²) in [4.78, 5) is 0. The topological polar surface area (TPSA) is 12.0 Å². The van der Waals surface area contributed by atoms with Gasteiger partial charge in [-0.05, 0) is 68.7 Å². The molecule has 1 nitrogen and oxygen atoms in total. The van der Waals surface area contributed by atoms with E-state index in [1.54, 1.807) is 25.7 Å². The molecule has 1 heteroatoms. The van der Waals surface area contributed by atoms with Gasteiger partial charge in [0, 0.05) is 6.04 Å². The predicted octanol–water partition coefficient (Wildman–Crippen LogP) is 3.20. The first kappa shape index (κ1) is 10.1. The molecule has 0 aromatic heterocycles. The lowest BCUT2D eigenvalue weighted by Gasteiger charge is -2.27. The molecular formula is C14H25N. The molecule has 3 rings (SSSR count). The summed E-state index contributed by atoms with van der Waals surface area (Å²) in [7, 11) is 0. The third kappa shape index (κ3) is 2.08. The average Bonchev–Trinajstić information content (AvgIpc) is 2.89. The highest BCUT2D eigenvalue weighted by Crippen LogP contribution is 2.51. The molecule has 0 amide bonds. The molecule has 0 radical (unpaired) electrons. The van der Waals surface area contributed by atoms with Crippen molar-refractivity contribution in [3.8, 4) is 0 Å². The van der Waals surface area contributed by atoms with E-state index in [2.05, 4.69) is 12.2 Å². The van der Waals surface area contributed by atoms with E-state index >= 15 is 0 Å². The summed E-state index contributed by atoms with van der Waals surface area (Å²) in [5.74, 6) is 4.38. The molecule has 86 valence electrons. The van der Waals surface area contributed by atoms with Gasteiger partial charge in [-0.3, -0.25) is 0 Å². The van der Waals surface area contributed by atoms with Crippen molar-refractivity contribution in [2.45, 2.75) is 57.9 Å². The van der Waals surface area contributed by atoms with Crippen molar-refractivity contribution in [3.05, 3.63) is 0 Å². The lowest BCUT2D eigenvalue weighted by molar-refractivity contribution is 0.267. The van der Waals surface area contributed by atoms with Crippen LogP contribution in [-0.2, 0) is 0 Å². The zero-order valence-corrected chi connectivity index (χ0v) is 10.0. The lowest BCUT2D eigenvalue weighted by atomic mass is 9.83. The van der Waals surface area contributed by atoms with Crippen LogP contribution < -0.4 is 5.32 Å². The van der Waals surface area contributed by atoms with Gasteiger partial charge in [0.15, 0.2) is 0 Å². The molecule has 0 spiro atoms. The number of fused-ring (bicyclic) bond motifs is 2. The number of hydrogen-bond acceptors (Lipinski definition) is 1. The molecule has 0 saturated heterocycles. The van der Waals surface area contributed by atoms with Crippen molar-refractivity contribution in [3.63, 3.8) is 0 Å². The van der Waals surface area contributed by atoms with E-state index in [1.807, 2.05) is 0 Å². The van der Waals surface area contributed by atoms with Crippen molar-refractivity contribution in [2.24, 2.45) is 23.7 Å². The number of hydrogen-bond donors (Lipinski definition) is 1. The van der Waals surface area contributed by atoms with Crippen molar-refractivity contribution >= 4 is 0 Å². The van der Waals surface area contributed by atoms with E-state index in [-0.39, 0.29) is 0 Å². The van der Waals surface area contributed by atoms with Crippen LogP contribution >= 0.6 is 0 Å². The Morgan fingerprint density at radius 2 is 2.00 bits per heavy atom. The zero-order valence-electron chi connectivity index (χ0n) is 10.0. The van der Waals surface area contributed by atoms with Gasteiger partial charge in [-0.2, -0.15) is 0 Å². The Kier molecular flexibility index (Phi) is 2.76. The first-order valence-electron chi connectivity index (χ1n) is 7.10. The molecule has 0 aliphatic heterocycles. The summed E-state index contributed by atoms with van der Waals surface area (Å²) in [6.07, 6.45) is 10.7. The molecule has 1 N–H and O–H groups in total. The SMILES string of the molecule is CCNC(CC1CC2CCC1C2)C1CC1. The summed E-state index contributed by atoms with van der Waals surface area (Å²) < 4.78 is 0. The van der Waals surface area contributed by atoms with E-state index in [0.717, 1.165) is 29.7 Å². The maximum absolute atomic E-state index is 3.73. The molecule has 3 aliphatic carbocycles. The smallest absolute Gasteiger partial charge is 0.00979 e. The average molecular weight is 207 g/mol. The Labute approximate surface area is 94.0 Å². The molecule has 15 heavy (non-hydrogen) atoms. The second-order valence-corrected chi connectivity index (χ2v) is 6.17. The van der Waals surface area contributed by atoms with Crippen LogP contribution in [0.4, 0.5) is 0 Å². The van der Waals surface area contributed by atoms with Crippen molar-refractivity contribution < 1.29 is 0 Å². The predicted molar refractivity (Wildman–Crippen MR) is 63.7 cm³/mol. The second kappa shape index (κ2) is 4.08. The molecule has 3 aliphatic rings. The number of nitrogens with one attached hydrogen (secondary N) is 1. The van der Waals surface area contributed by atoms with E-state index in [9.17, 15) is 0 Å². The molecule has 3 saturated carbocycles. The molecule has 0 aromatic rings. The van der Waals surface area contributed by atoms with Crippen molar-refractivity contribution in [1.29, 1.82) is 0 Å². The summed E-state index contributed by atoms with van der Waals surface area (Å²) >= 11 is 0. The fourth-order valence-electron chi connectivity index (χ4n) is 4.19. The van der Waals surface area contributed by atoms with Crippen LogP contribution in [0, 0.1) is 23.7 Å². The van der Waals surface area contributed by atoms with Crippen LogP contribution in [0.5, 0.6) is 0 Å². The van der Waals surface area contributed by atoms with Crippen LogP contribution in [0.1, 0.15) is 51.9 Å². The Bertz CT molecular complexity index is 221. The van der Waals surface area contributed by atoms with E-state index in [0.29, 0.717) is 0 Å². The van der Waals surface area contributed by atoms with Gasteiger partial charge in [0.05, 0.1) is 0 Å². The molecule has 0 aromatic carbocycles. The minimum absolute atomic E-state index is 0.874. The summed E-state index contributed by atoms with van der Waals surface area (Å²) in [5, 5.41) is 3.73. The van der Waals surface area contributed by atoms with Gasteiger partial charge in [-0.15, -0.1) is 0 Å². The van der Waals surface area contributed by atoms with E-state index < -0.39 is 0 Å². The van der Waals surface area contributed by atoms with Gasteiger partial charge < -0.3 is 5.32 Å². The summed E-state index contributed by atoms with van der Waals surface area (Å²) in [6, 6.07) is 0.874. The van der Waals surface area contributed by atoms with Crippen molar-refractivity contribution in [1.82, 2.24) is 5.32 Å².